The van der Waals surface area contributed by atoms with E-state index in [4.69, 9.17) is 10.6 Å². The van der Waals surface area contributed by atoms with Gasteiger partial charge in [0, 0.05) is 5.56 Å². The topological polar surface area (TPSA) is 64.3 Å². The molecule has 0 spiro atoms. The molecule has 0 aliphatic heterocycles. The lowest BCUT2D eigenvalue weighted by molar-refractivity contribution is 0.0953. The summed E-state index contributed by atoms with van der Waals surface area (Å²) in [6.07, 6.45) is 2.51. The van der Waals surface area contributed by atoms with Crippen molar-refractivity contribution in [2.45, 2.75) is 12.8 Å². The van der Waals surface area contributed by atoms with E-state index in [1.807, 2.05) is 6.07 Å². The Kier molecular flexibility index (Phi) is 2.87. The fourth-order valence-electron chi connectivity index (χ4n) is 1.31. The van der Waals surface area contributed by atoms with Gasteiger partial charge in [-0.05, 0) is 37.0 Å². The maximum absolute atomic E-state index is 11.2. The molecule has 1 aromatic rings. The van der Waals surface area contributed by atoms with Gasteiger partial charge in [-0.1, -0.05) is 6.07 Å². The van der Waals surface area contributed by atoms with Crippen molar-refractivity contribution in [3.05, 3.63) is 29.8 Å². The molecule has 1 aliphatic carbocycles. The van der Waals surface area contributed by atoms with Gasteiger partial charge in [-0.25, -0.2) is 5.84 Å². The molecule has 15 heavy (non-hydrogen) atoms. The molecule has 2 rings (SSSR count). The molecule has 0 atom stereocenters. The molecule has 4 heteroatoms. The van der Waals surface area contributed by atoms with Crippen LogP contribution in [0, 0.1) is 5.92 Å². The van der Waals surface area contributed by atoms with Gasteiger partial charge in [-0.15, -0.1) is 0 Å². The maximum atomic E-state index is 11.2. The number of hydrazine groups is 1. The third-order valence-electron chi connectivity index (χ3n) is 2.41. The van der Waals surface area contributed by atoms with Gasteiger partial charge in [0.2, 0.25) is 0 Å². The average molecular weight is 206 g/mol. The highest BCUT2D eigenvalue weighted by Crippen LogP contribution is 2.29. The number of nitrogens with two attached hydrogens (primary N) is 1. The number of hydrogen-bond acceptors (Lipinski definition) is 3. The lowest BCUT2D eigenvalue weighted by Gasteiger charge is -2.06. The van der Waals surface area contributed by atoms with Crippen molar-refractivity contribution in [3.8, 4) is 5.75 Å². The van der Waals surface area contributed by atoms with Gasteiger partial charge >= 0.3 is 0 Å². The van der Waals surface area contributed by atoms with Crippen molar-refractivity contribution in [3.63, 3.8) is 0 Å². The molecule has 0 aromatic heterocycles. The molecule has 0 radical (unpaired) electrons. The number of nitrogen functional groups attached to an aromatic ring is 1. The summed E-state index contributed by atoms with van der Waals surface area (Å²) in [5.74, 6) is 6.18. The van der Waals surface area contributed by atoms with E-state index in [0.717, 1.165) is 12.4 Å². The molecular formula is C11H14N2O2. The number of rotatable bonds is 4. The van der Waals surface area contributed by atoms with E-state index in [1.54, 1.807) is 18.2 Å². The molecule has 1 fully saturated rings. The summed E-state index contributed by atoms with van der Waals surface area (Å²) in [4.78, 5) is 11.2. The molecule has 4 nitrogen and oxygen atoms in total. The van der Waals surface area contributed by atoms with Gasteiger partial charge < -0.3 is 4.74 Å². The zero-order chi connectivity index (χ0) is 10.7. The Morgan fingerprint density at radius 2 is 2.33 bits per heavy atom. The Labute approximate surface area is 88.4 Å². The van der Waals surface area contributed by atoms with Gasteiger partial charge in [0.05, 0.1) is 6.61 Å². The first-order valence-electron chi connectivity index (χ1n) is 5.03. The van der Waals surface area contributed by atoms with Crippen molar-refractivity contribution in [1.29, 1.82) is 0 Å². The quantitative estimate of drug-likeness (QED) is 0.440. The smallest absolute Gasteiger partial charge is 0.265 e. The van der Waals surface area contributed by atoms with E-state index in [1.165, 1.54) is 12.8 Å². The SMILES string of the molecule is NNC(=O)c1cccc(OCC2CC2)c1. The summed E-state index contributed by atoms with van der Waals surface area (Å²) < 4.78 is 5.54. The van der Waals surface area contributed by atoms with Gasteiger partial charge in [-0.3, -0.25) is 10.2 Å². The minimum Gasteiger partial charge on any atom is -0.493 e. The van der Waals surface area contributed by atoms with Crippen molar-refractivity contribution < 1.29 is 9.53 Å². The summed E-state index contributed by atoms with van der Waals surface area (Å²) in [6, 6.07) is 7.03. The molecule has 1 aromatic carbocycles. The third-order valence-corrected chi connectivity index (χ3v) is 2.41. The van der Waals surface area contributed by atoms with Crippen LogP contribution in [0.3, 0.4) is 0 Å². The summed E-state index contributed by atoms with van der Waals surface area (Å²) in [7, 11) is 0. The number of benzene rings is 1. The number of carbonyl (C=O) groups excluding carboxylic acids is 1. The van der Waals surface area contributed by atoms with Crippen LogP contribution >= 0.6 is 0 Å². The third kappa shape index (κ3) is 2.70. The first kappa shape index (κ1) is 9.98. The molecule has 1 amide bonds. The second-order valence-electron chi connectivity index (χ2n) is 3.76. The number of carbonyl (C=O) groups is 1. The molecule has 3 N–H and O–H groups in total. The number of ether oxygens (including phenoxy) is 1. The first-order chi connectivity index (χ1) is 7.29. The van der Waals surface area contributed by atoms with E-state index in [9.17, 15) is 4.79 Å². The van der Waals surface area contributed by atoms with Crippen LogP contribution in [0.25, 0.3) is 0 Å². The summed E-state index contributed by atoms with van der Waals surface area (Å²) >= 11 is 0. The molecular weight excluding hydrogens is 192 g/mol. The highest BCUT2D eigenvalue weighted by Gasteiger charge is 2.21. The van der Waals surface area contributed by atoms with Crippen molar-refractivity contribution >= 4 is 5.91 Å². The molecule has 0 saturated heterocycles. The van der Waals surface area contributed by atoms with Gasteiger partial charge in [0.15, 0.2) is 0 Å². The Morgan fingerprint density at radius 1 is 1.53 bits per heavy atom. The van der Waals surface area contributed by atoms with Crippen LogP contribution in [0.1, 0.15) is 23.2 Å². The molecule has 1 aliphatic rings. The predicted octanol–water partition coefficient (Wildman–Crippen LogP) is 1.08. The highest BCUT2D eigenvalue weighted by atomic mass is 16.5. The van der Waals surface area contributed by atoms with Crippen LogP contribution in [-0.4, -0.2) is 12.5 Å². The molecule has 0 bridgehead atoms. The predicted molar refractivity (Wildman–Crippen MR) is 56.3 cm³/mol. The Balaban J connectivity index is 2.00. The average Bonchev–Trinajstić information content (AvgIpc) is 3.09. The largest absolute Gasteiger partial charge is 0.493 e. The van der Waals surface area contributed by atoms with E-state index in [-0.39, 0.29) is 5.91 Å². The second kappa shape index (κ2) is 4.31. The van der Waals surface area contributed by atoms with E-state index in [2.05, 4.69) is 5.43 Å². The van der Waals surface area contributed by atoms with Crippen LogP contribution in [0.5, 0.6) is 5.75 Å². The highest BCUT2D eigenvalue weighted by molar-refractivity contribution is 5.94. The monoisotopic (exact) mass is 206 g/mol. The molecule has 0 heterocycles. The lowest BCUT2D eigenvalue weighted by Crippen LogP contribution is -2.29. The number of amides is 1. The number of nitrogens with one attached hydrogen (secondary N) is 1. The van der Waals surface area contributed by atoms with Crippen molar-refractivity contribution in [2.24, 2.45) is 11.8 Å². The van der Waals surface area contributed by atoms with Crippen LogP contribution in [0.15, 0.2) is 24.3 Å². The minimum absolute atomic E-state index is 0.299. The standard InChI is InChI=1S/C11H14N2O2/c12-13-11(14)9-2-1-3-10(6-9)15-7-8-4-5-8/h1-3,6,8H,4-5,7,12H2,(H,13,14). The number of hydrogen-bond donors (Lipinski definition) is 2. The first-order valence-corrected chi connectivity index (χ1v) is 5.03. The molecule has 80 valence electrons. The van der Waals surface area contributed by atoms with Crippen LogP contribution in [-0.2, 0) is 0 Å². The molecule has 1 saturated carbocycles. The maximum Gasteiger partial charge on any atom is 0.265 e. The Bertz CT molecular complexity index is 361. The minimum atomic E-state index is -0.299. The van der Waals surface area contributed by atoms with E-state index >= 15 is 0 Å². The summed E-state index contributed by atoms with van der Waals surface area (Å²) in [5, 5.41) is 0. The van der Waals surface area contributed by atoms with Crippen LogP contribution in [0.2, 0.25) is 0 Å². The van der Waals surface area contributed by atoms with Crippen molar-refractivity contribution in [2.75, 3.05) is 6.61 Å². The lowest BCUT2D eigenvalue weighted by atomic mass is 10.2. The van der Waals surface area contributed by atoms with Gasteiger partial charge in [0.25, 0.3) is 5.91 Å². The van der Waals surface area contributed by atoms with Crippen LogP contribution < -0.4 is 16.0 Å². The zero-order valence-corrected chi connectivity index (χ0v) is 8.40. The fourth-order valence-corrected chi connectivity index (χ4v) is 1.31. The molecule has 0 unspecified atom stereocenters. The van der Waals surface area contributed by atoms with E-state index < -0.39 is 0 Å². The Hall–Kier alpha value is -1.55. The zero-order valence-electron chi connectivity index (χ0n) is 8.40. The van der Waals surface area contributed by atoms with Crippen LogP contribution in [0.4, 0.5) is 0 Å². The fraction of sp³-hybridized carbons (Fsp3) is 0.364. The summed E-state index contributed by atoms with van der Waals surface area (Å²) in [6.45, 7) is 0.744. The summed E-state index contributed by atoms with van der Waals surface area (Å²) in [5.41, 5.74) is 2.61. The van der Waals surface area contributed by atoms with E-state index in [0.29, 0.717) is 11.5 Å². The Morgan fingerprint density at radius 3 is 3.00 bits per heavy atom. The van der Waals surface area contributed by atoms with Gasteiger partial charge in [-0.2, -0.15) is 0 Å². The van der Waals surface area contributed by atoms with Gasteiger partial charge in [0.1, 0.15) is 5.75 Å². The van der Waals surface area contributed by atoms with Crippen molar-refractivity contribution in [1.82, 2.24) is 5.43 Å². The second-order valence-corrected chi connectivity index (χ2v) is 3.76. The normalized spacial score (nSPS) is 14.7.